The van der Waals surface area contributed by atoms with Gasteiger partial charge in [-0.25, -0.2) is 5.43 Å². The molecule has 2 amide bonds. The Balaban J connectivity index is 2.11. The monoisotopic (exact) mass is 437 g/mol. The molecule has 0 saturated carbocycles. The lowest BCUT2D eigenvalue weighted by Crippen LogP contribution is -2.37. The molecule has 0 saturated heterocycles. The molecule has 154 valence electrons. The van der Waals surface area contributed by atoms with Crippen molar-refractivity contribution in [2.75, 3.05) is 13.2 Å². The van der Waals surface area contributed by atoms with Gasteiger partial charge in [-0.1, -0.05) is 35.3 Å². The Bertz CT molecular complexity index is 886. The van der Waals surface area contributed by atoms with Crippen molar-refractivity contribution >= 4 is 41.2 Å². The van der Waals surface area contributed by atoms with Crippen LogP contribution in [0.4, 0.5) is 0 Å². The first-order chi connectivity index (χ1) is 13.9. The number of nitrogens with one attached hydrogen (secondary N) is 2. The third-order valence-corrected chi connectivity index (χ3v) is 4.08. The number of carbonyl (C=O) groups is 2. The maximum absolute atomic E-state index is 11.5. The van der Waals surface area contributed by atoms with Crippen LogP contribution in [0.5, 0.6) is 11.5 Å². The minimum absolute atomic E-state index is 0.285. The molecule has 0 aromatic heterocycles. The Morgan fingerprint density at radius 3 is 2.45 bits per heavy atom. The minimum atomic E-state index is -0.859. The first-order valence-electron chi connectivity index (χ1n) is 8.89. The second kappa shape index (κ2) is 11.3. The highest BCUT2D eigenvalue weighted by atomic mass is 35.5. The van der Waals surface area contributed by atoms with E-state index in [9.17, 15) is 9.59 Å². The van der Waals surface area contributed by atoms with Crippen LogP contribution in [-0.4, -0.2) is 31.2 Å². The quantitative estimate of drug-likeness (QED) is 0.375. The lowest BCUT2D eigenvalue weighted by Gasteiger charge is -2.14. The highest BCUT2D eigenvalue weighted by Crippen LogP contribution is 2.37. The normalized spacial score (nSPS) is 10.6. The van der Waals surface area contributed by atoms with Crippen LogP contribution >= 0.6 is 23.2 Å². The molecule has 2 rings (SSSR count). The largest absolute Gasteiger partial charge is 0.490 e. The number of likely N-dealkylation sites (N-methyl/N-ethyl adjacent to an activating group) is 1. The molecular weight excluding hydrogens is 417 g/mol. The Labute approximate surface area is 179 Å². The molecule has 2 N–H and O–H groups in total. The van der Waals surface area contributed by atoms with Gasteiger partial charge in [-0.05, 0) is 49.2 Å². The smallest absolute Gasteiger partial charge is 0.329 e. The fourth-order valence-corrected chi connectivity index (χ4v) is 2.66. The van der Waals surface area contributed by atoms with Crippen LogP contribution in [-0.2, 0) is 16.2 Å². The van der Waals surface area contributed by atoms with Gasteiger partial charge in [-0.3, -0.25) is 9.59 Å². The van der Waals surface area contributed by atoms with Crippen LogP contribution in [0.15, 0.2) is 41.5 Å². The number of benzene rings is 2. The summed E-state index contributed by atoms with van der Waals surface area (Å²) in [6.07, 6.45) is 1.36. The van der Waals surface area contributed by atoms with Gasteiger partial charge >= 0.3 is 11.8 Å². The molecule has 0 aliphatic carbocycles. The molecule has 2 aromatic rings. The van der Waals surface area contributed by atoms with E-state index in [-0.39, 0.29) is 6.61 Å². The van der Waals surface area contributed by atoms with Crippen molar-refractivity contribution < 1.29 is 19.1 Å². The fraction of sp³-hybridized carbons (Fsp3) is 0.250. The number of nitrogens with zero attached hydrogens (tertiary/aromatic N) is 1. The van der Waals surface area contributed by atoms with E-state index < -0.39 is 11.8 Å². The number of amides is 2. The van der Waals surface area contributed by atoms with Crippen molar-refractivity contribution in [3.63, 3.8) is 0 Å². The zero-order valence-corrected chi connectivity index (χ0v) is 17.5. The Morgan fingerprint density at radius 1 is 1.07 bits per heavy atom. The zero-order valence-electron chi connectivity index (χ0n) is 16.0. The van der Waals surface area contributed by atoms with Gasteiger partial charge in [0.1, 0.15) is 6.61 Å². The van der Waals surface area contributed by atoms with Crippen molar-refractivity contribution in [1.82, 2.24) is 10.7 Å². The Kier molecular flexibility index (Phi) is 8.76. The molecule has 0 aliphatic rings. The average molecular weight is 438 g/mol. The SMILES string of the molecule is CCNC(=O)C(=O)N/N=C\c1cc(Cl)c(OCc2ccc(Cl)cc2)c(OCC)c1. The van der Waals surface area contributed by atoms with E-state index in [4.69, 9.17) is 32.7 Å². The topological polar surface area (TPSA) is 89.0 Å². The predicted molar refractivity (Wildman–Crippen MR) is 113 cm³/mol. The second-order valence-corrected chi connectivity index (χ2v) is 6.58. The van der Waals surface area contributed by atoms with Gasteiger partial charge in [0.25, 0.3) is 0 Å². The van der Waals surface area contributed by atoms with Crippen molar-refractivity contribution in [2.45, 2.75) is 20.5 Å². The van der Waals surface area contributed by atoms with Gasteiger partial charge in [-0.2, -0.15) is 5.10 Å². The molecule has 0 spiro atoms. The summed E-state index contributed by atoms with van der Waals surface area (Å²) in [5, 5.41) is 7.11. The summed E-state index contributed by atoms with van der Waals surface area (Å²) in [5.74, 6) is -0.789. The highest BCUT2D eigenvalue weighted by molar-refractivity contribution is 6.35. The summed E-state index contributed by atoms with van der Waals surface area (Å²) in [6, 6.07) is 10.6. The zero-order chi connectivity index (χ0) is 21.2. The lowest BCUT2D eigenvalue weighted by molar-refractivity contribution is -0.139. The first kappa shape index (κ1) is 22.5. The number of ether oxygens (including phenoxy) is 2. The summed E-state index contributed by atoms with van der Waals surface area (Å²) in [4.78, 5) is 22.9. The van der Waals surface area contributed by atoms with E-state index in [1.54, 1.807) is 31.2 Å². The van der Waals surface area contributed by atoms with Crippen LogP contribution in [0.1, 0.15) is 25.0 Å². The molecule has 0 atom stereocenters. The standard InChI is InChI=1S/C20H21Cl2N3O4/c1-3-23-19(26)20(27)25-24-11-14-9-16(22)18(17(10-14)28-4-2)29-12-13-5-7-15(21)8-6-13/h5-11H,3-4,12H2,1-2H3,(H,23,26)(H,25,27)/b24-11-. The summed E-state index contributed by atoms with van der Waals surface area (Å²) >= 11 is 12.2. The van der Waals surface area contributed by atoms with Gasteiger partial charge in [0.2, 0.25) is 0 Å². The van der Waals surface area contributed by atoms with Crippen LogP contribution in [0, 0.1) is 0 Å². The van der Waals surface area contributed by atoms with Crippen LogP contribution in [0.25, 0.3) is 0 Å². The summed E-state index contributed by atoms with van der Waals surface area (Å²) in [7, 11) is 0. The Morgan fingerprint density at radius 2 is 1.79 bits per heavy atom. The van der Waals surface area contributed by atoms with E-state index in [2.05, 4.69) is 15.8 Å². The number of halogens is 2. The number of hydrogen-bond acceptors (Lipinski definition) is 5. The molecule has 0 unspecified atom stereocenters. The number of rotatable bonds is 8. The van der Waals surface area contributed by atoms with Crippen molar-refractivity contribution in [3.05, 3.63) is 57.6 Å². The van der Waals surface area contributed by atoms with Gasteiger partial charge in [-0.15, -0.1) is 0 Å². The van der Waals surface area contributed by atoms with E-state index >= 15 is 0 Å². The molecule has 29 heavy (non-hydrogen) atoms. The molecular formula is C20H21Cl2N3O4. The fourth-order valence-electron chi connectivity index (χ4n) is 2.26. The van der Waals surface area contributed by atoms with Gasteiger partial charge in [0.15, 0.2) is 11.5 Å². The minimum Gasteiger partial charge on any atom is -0.490 e. The van der Waals surface area contributed by atoms with Crippen LogP contribution < -0.4 is 20.2 Å². The molecule has 7 nitrogen and oxygen atoms in total. The van der Waals surface area contributed by atoms with E-state index in [0.717, 1.165) is 5.56 Å². The molecule has 0 fully saturated rings. The molecule has 0 bridgehead atoms. The van der Waals surface area contributed by atoms with Crippen LogP contribution in [0.2, 0.25) is 10.0 Å². The molecule has 0 radical (unpaired) electrons. The van der Waals surface area contributed by atoms with Gasteiger partial charge in [0, 0.05) is 11.6 Å². The third kappa shape index (κ3) is 6.96. The molecule has 0 heterocycles. The van der Waals surface area contributed by atoms with Crippen molar-refractivity contribution in [3.8, 4) is 11.5 Å². The van der Waals surface area contributed by atoms with Gasteiger partial charge in [0.05, 0.1) is 17.8 Å². The van der Waals surface area contributed by atoms with E-state index in [1.807, 2.05) is 19.1 Å². The molecule has 9 heteroatoms. The van der Waals surface area contributed by atoms with E-state index in [0.29, 0.717) is 40.3 Å². The third-order valence-electron chi connectivity index (χ3n) is 3.55. The maximum atomic E-state index is 11.5. The maximum Gasteiger partial charge on any atom is 0.329 e. The molecule has 2 aromatic carbocycles. The summed E-state index contributed by atoms with van der Waals surface area (Å²) in [5.41, 5.74) is 3.63. The molecule has 0 aliphatic heterocycles. The first-order valence-corrected chi connectivity index (χ1v) is 9.65. The number of hydrogen-bond donors (Lipinski definition) is 2. The Hall–Kier alpha value is -2.77. The summed E-state index contributed by atoms with van der Waals surface area (Å²) in [6.45, 7) is 4.59. The summed E-state index contributed by atoms with van der Waals surface area (Å²) < 4.78 is 11.5. The van der Waals surface area contributed by atoms with Crippen LogP contribution in [0.3, 0.4) is 0 Å². The average Bonchev–Trinajstić information content (AvgIpc) is 2.69. The van der Waals surface area contributed by atoms with E-state index in [1.165, 1.54) is 6.21 Å². The van der Waals surface area contributed by atoms with Crippen molar-refractivity contribution in [2.24, 2.45) is 5.10 Å². The highest BCUT2D eigenvalue weighted by Gasteiger charge is 2.13. The number of hydrazone groups is 1. The van der Waals surface area contributed by atoms with Crippen molar-refractivity contribution in [1.29, 1.82) is 0 Å². The second-order valence-electron chi connectivity index (χ2n) is 5.74. The predicted octanol–water partition coefficient (Wildman–Crippen LogP) is 3.56. The van der Waals surface area contributed by atoms with Gasteiger partial charge < -0.3 is 14.8 Å². The number of carbonyl (C=O) groups excluding carboxylic acids is 2. The lowest BCUT2D eigenvalue weighted by atomic mass is 10.2.